The largest absolute Gasteiger partial charge is 0.351 e. The normalized spacial score (nSPS) is 22.4. The standard InChI is InChI=1S/C15H20FN3O/c1-14(2,3)18-13-17-12(20)15(4,19-13)9-10-7-5-6-8-11(10)16/h5-8H,9H2,1-4H3,(H2,17,18,19,20). The van der Waals surface area contributed by atoms with Crippen molar-refractivity contribution >= 4 is 11.9 Å². The Morgan fingerprint density at radius 3 is 2.60 bits per heavy atom. The molecule has 4 nitrogen and oxygen atoms in total. The SMILES string of the molecule is CC(C)(C)NC1=NC(C)(Cc2ccccc2F)C(=O)N1. The van der Waals surface area contributed by atoms with Crippen LogP contribution in [0.2, 0.25) is 0 Å². The lowest BCUT2D eigenvalue weighted by Gasteiger charge is -2.21. The third kappa shape index (κ3) is 3.15. The first-order valence-electron chi connectivity index (χ1n) is 6.62. The van der Waals surface area contributed by atoms with E-state index in [-0.39, 0.29) is 23.7 Å². The molecule has 1 aliphatic heterocycles. The zero-order valence-corrected chi connectivity index (χ0v) is 12.2. The Morgan fingerprint density at radius 2 is 2.00 bits per heavy atom. The Balaban J connectivity index is 2.22. The zero-order valence-electron chi connectivity index (χ0n) is 12.2. The van der Waals surface area contributed by atoms with Gasteiger partial charge in [0.25, 0.3) is 5.91 Å². The van der Waals surface area contributed by atoms with Crippen molar-refractivity contribution in [2.45, 2.75) is 45.2 Å². The molecule has 1 unspecified atom stereocenters. The van der Waals surface area contributed by atoms with Gasteiger partial charge in [-0.1, -0.05) is 18.2 Å². The number of benzene rings is 1. The Labute approximate surface area is 118 Å². The minimum absolute atomic E-state index is 0.199. The van der Waals surface area contributed by atoms with Crippen molar-refractivity contribution in [2.24, 2.45) is 4.99 Å². The molecule has 1 atom stereocenters. The molecule has 2 N–H and O–H groups in total. The minimum atomic E-state index is -0.976. The molecule has 5 heteroatoms. The summed E-state index contributed by atoms with van der Waals surface area (Å²) in [5.74, 6) is -0.0807. The summed E-state index contributed by atoms with van der Waals surface area (Å²) < 4.78 is 13.7. The van der Waals surface area contributed by atoms with Crippen LogP contribution in [0, 0.1) is 5.82 Å². The summed E-state index contributed by atoms with van der Waals surface area (Å²) in [6.07, 6.45) is 0.237. The van der Waals surface area contributed by atoms with E-state index < -0.39 is 5.54 Å². The molecule has 20 heavy (non-hydrogen) atoms. The van der Waals surface area contributed by atoms with Gasteiger partial charge in [0, 0.05) is 12.0 Å². The minimum Gasteiger partial charge on any atom is -0.351 e. The lowest BCUT2D eigenvalue weighted by atomic mass is 9.93. The molecule has 0 saturated heterocycles. The average Bonchev–Trinajstić information content (AvgIpc) is 2.55. The maximum absolute atomic E-state index is 13.7. The molecular weight excluding hydrogens is 257 g/mol. The molecule has 1 aromatic rings. The van der Waals surface area contributed by atoms with Gasteiger partial charge in [-0.2, -0.15) is 0 Å². The van der Waals surface area contributed by atoms with E-state index in [0.29, 0.717) is 11.5 Å². The Morgan fingerprint density at radius 1 is 1.35 bits per heavy atom. The molecule has 0 spiro atoms. The van der Waals surface area contributed by atoms with Crippen LogP contribution >= 0.6 is 0 Å². The molecule has 0 saturated carbocycles. The van der Waals surface area contributed by atoms with Gasteiger partial charge in [0.15, 0.2) is 5.96 Å². The van der Waals surface area contributed by atoms with E-state index in [1.807, 2.05) is 20.8 Å². The van der Waals surface area contributed by atoms with Crippen LogP contribution < -0.4 is 10.6 Å². The predicted molar refractivity (Wildman–Crippen MR) is 77.0 cm³/mol. The first-order chi connectivity index (χ1) is 9.20. The number of rotatable bonds is 2. The molecule has 0 aromatic heterocycles. The second-order valence-electron chi connectivity index (χ2n) is 6.33. The highest BCUT2D eigenvalue weighted by molar-refractivity contribution is 6.07. The zero-order chi connectivity index (χ0) is 15.0. The van der Waals surface area contributed by atoms with Crippen molar-refractivity contribution in [3.05, 3.63) is 35.6 Å². The van der Waals surface area contributed by atoms with Crippen LogP contribution in [0.3, 0.4) is 0 Å². The number of hydrogen-bond acceptors (Lipinski definition) is 3. The van der Waals surface area contributed by atoms with Gasteiger partial charge in [0.05, 0.1) is 0 Å². The first kappa shape index (κ1) is 14.5. The molecular formula is C15H20FN3O. The molecule has 0 bridgehead atoms. The topological polar surface area (TPSA) is 53.5 Å². The van der Waals surface area contributed by atoms with E-state index >= 15 is 0 Å². The molecule has 2 rings (SSSR count). The predicted octanol–water partition coefficient (Wildman–Crippen LogP) is 2.00. The van der Waals surface area contributed by atoms with E-state index in [0.717, 1.165) is 0 Å². The van der Waals surface area contributed by atoms with E-state index in [2.05, 4.69) is 15.6 Å². The molecule has 0 aliphatic carbocycles. The smallest absolute Gasteiger partial charge is 0.254 e. The molecule has 0 fully saturated rings. The summed E-state index contributed by atoms with van der Waals surface area (Å²) in [4.78, 5) is 16.5. The number of carbonyl (C=O) groups is 1. The fraction of sp³-hybridized carbons (Fsp3) is 0.467. The highest BCUT2D eigenvalue weighted by atomic mass is 19.1. The van der Waals surface area contributed by atoms with E-state index in [1.165, 1.54) is 6.07 Å². The van der Waals surface area contributed by atoms with E-state index in [1.54, 1.807) is 25.1 Å². The van der Waals surface area contributed by atoms with Crippen LogP contribution in [0.15, 0.2) is 29.3 Å². The van der Waals surface area contributed by atoms with Gasteiger partial charge < -0.3 is 5.32 Å². The summed E-state index contributed by atoms with van der Waals surface area (Å²) >= 11 is 0. The van der Waals surface area contributed by atoms with E-state index in [9.17, 15) is 9.18 Å². The summed E-state index contributed by atoms with van der Waals surface area (Å²) in [7, 11) is 0. The number of amides is 1. The van der Waals surface area contributed by atoms with Crippen molar-refractivity contribution in [1.29, 1.82) is 0 Å². The fourth-order valence-electron chi connectivity index (χ4n) is 2.11. The van der Waals surface area contributed by atoms with Gasteiger partial charge in [-0.25, -0.2) is 9.38 Å². The highest BCUT2D eigenvalue weighted by Gasteiger charge is 2.40. The number of nitrogens with one attached hydrogen (secondary N) is 2. The molecule has 0 radical (unpaired) electrons. The van der Waals surface area contributed by atoms with Gasteiger partial charge in [0.2, 0.25) is 0 Å². The number of guanidine groups is 1. The average molecular weight is 277 g/mol. The second-order valence-corrected chi connectivity index (χ2v) is 6.33. The van der Waals surface area contributed by atoms with Gasteiger partial charge in [-0.05, 0) is 39.3 Å². The molecule has 1 amide bonds. The number of aliphatic imine (C=N–C) groups is 1. The fourth-order valence-corrected chi connectivity index (χ4v) is 2.11. The number of hydrogen-bond donors (Lipinski definition) is 2. The third-order valence-electron chi connectivity index (χ3n) is 3.07. The Hall–Kier alpha value is -1.91. The maximum Gasteiger partial charge on any atom is 0.254 e. The Kier molecular flexibility index (Phi) is 3.54. The molecule has 1 heterocycles. The van der Waals surface area contributed by atoms with Crippen LogP contribution in [0.5, 0.6) is 0 Å². The van der Waals surface area contributed by atoms with Gasteiger partial charge in [0.1, 0.15) is 11.4 Å². The monoisotopic (exact) mass is 277 g/mol. The summed E-state index contributed by atoms with van der Waals surface area (Å²) in [6, 6.07) is 6.46. The number of halogens is 1. The lowest BCUT2D eigenvalue weighted by Crippen LogP contribution is -2.47. The van der Waals surface area contributed by atoms with Gasteiger partial charge in [-0.15, -0.1) is 0 Å². The molecule has 108 valence electrons. The van der Waals surface area contributed by atoms with Crippen molar-refractivity contribution < 1.29 is 9.18 Å². The summed E-state index contributed by atoms with van der Waals surface area (Å²) in [5.41, 5.74) is -0.684. The summed E-state index contributed by atoms with van der Waals surface area (Å²) in [5, 5.41) is 5.85. The third-order valence-corrected chi connectivity index (χ3v) is 3.07. The van der Waals surface area contributed by atoms with Crippen LogP contribution in [0.4, 0.5) is 4.39 Å². The molecule has 1 aromatic carbocycles. The Bertz CT molecular complexity index is 562. The van der Waals surface area contributed by atoms with Gasteiger partial charge in [-0.3, -0.25) is 10.1 Å². The van der Waals surface area contributed by atoms with Crippen molar-refractivity contribution in [1.82, 2.24) is 10.6 Å². The van der Waals surface area contributed by atoms with Crippen molar-refractivity contribution in [2.75, 3.05) is 0 Å². The van der Waals surface area contributed by atoms with Gasteiger partial charge >= 0.3 is 0 Å². The first-order valence-corrected chi connectivity index (χ1v) is 6.62. The van der Waals surface area contributed by atoms with Crippen LogP contribution in [-0.2, 0) is 11.2 Å². The molecule has 1 aliphatic rings. The van der Waals surface area contributed by atoms with Crippen LogP contribution in [0.25, 0.3) is 0 Å². The van der Waals surface area contributed by atoms with Crippen molar-refractivity contribution in [3.8, 4) is 0 Å². The van der Waals surface area contributed by atoms with Crippen LogP contribution in [0.1, 0.15) is 33.3 Å². The van der Waals surface area contributed by atoms with Crippen LogP contribution in [-0.4, -0.2) is 22.9 Å². The van der Waals surface area contributed by atoms with Crippen molar-refractivity contribution in [3.63, 3.8) is 0 Å². The number of carbonyl (C=O) groups excluding carboxylic acids is 1. The maximum atomic E-state index is 13.7. The lowest BCUT2D eigenvalue weighted by molar-refractivity contribution is -0.123. The summed E-state index contributed by atoms with van der Waals surface area (Å²) in [6.45, 7) is 7.66. The van der Waals surface area contributed by atoms with E-state index in [4.69, 9.17) is 0 Å². The quantitative estimate of drug-likeness (QED) is 0.868. The second kappa shape index (κ2) is 4.89. The number of nitrogens with zero attached hydrogens (tertiary/aromatic N) is 1. The highest BCUT2D eigenvalue weighted by Crippen LogP contribution is 2.23.